The van der Waals surface area contributed by atoms with E-state index >= 15 is 0 Å². The van der Waals surface area contributed by atoms with E-state index in [4.69, 9.17) is 5.73 Å². The van der Waals surface area contributed by atoms with E-state index in [2.05, 4.69) is 37.2 Å². The molecule has 1 rings (SSSR count). The fraction of sp³-hybridized carbons (Fsp3) is 0.462. The smallest absolute Gasteiger partial charge is 0.252 e. The number of amides is 1. The lowest BCUT2D eigenvalue weighted by Crippen LogP contribution is -2.52. The van der Waals surface area contributed by atoms with Crippen molar-refractivity contribution >= 4 is 37.8 Å². The summed E-state index contributed by atoms with van der Waals surface area (Å²) in [7, 11) is 0. The van der Waals surface area contributed by atoms with Gasteiger partial charge >= 0.3 is 0 Å². The van der Waals surface area contributed by atoms with Crippen molar-refractivity contribution in [2.24, 2.45) is 5.73 Å². The van der Waals surface area contributed by atoms with Gasteiger partial charge in [-0.1, -0.05) is 29.8 Å². The maximum absolute atomic E-state index is 12.3. The number of nitrogens with one attached hydrogen (secondary N) is 1. The van der Waals surface area contributed by atoms with Crippen LogP contribution in [-0.4, -0.2) is 18.0 Å². The van der Waals surface area contributed by atoms with Gasteiger partial charge in [0.1, 0.15) is 0 Å². The van der Waals surface area contributed by atoms with Crippen molar-refractivity contribution in [3.05, 3.63) is 32.7 Å². The monoisotopic (exact) mass is 376 g/mol. The van der Waals surface area contributed by atoms with Crippen molar-refractivity contribution in [1.29, 1.82) is 0 Å². The number of hydrogen-bond donors (Lipinski definition) is 2. The Labute approximate surface area is 125 Å². The summed E-state index contributed by atoms with van der Waals surface area (Å²) in [5.41, 5.74) is 6.09. The molecule has 100 valence electrons. The second-order valence-electron chi connectivity index (χ2n) is 4.27. The van der Waals surface area contributed by atoms with Crippen LogP contribution in [-0.2, 0) is 0 Å². The number of nitrogens with two attached hydrogens (primary N) is 1. The van der Waals surface area contributed by atoms with Crippen LogP contribution in [0.1, 0.15) is 37.0 Å². The second-order valence-corrected chi connectivity index (χ2v) is 6.04. The molecule has 0 aliphatic rings. The van der Waals surface area contributed by atoms with Crippen LogP contribution >= 0.6 is 31.9 Å². The van der Waals surface area contributed by atoms with Crippen molar-refractivity contribution < 1.29 is 4.79 Å². The van der Waals surface area contributed by atoms with E-state index in [-0.39, 0.29) is 11.4 Å². The lowest BCUT2D eigenvalue weighted by molar-refractivity contribution is 0.0894. The zero-order chi connectivity index (χ0) is 13.8. The lowest BCUT2D eigenvalue weighted by atomic mass is 9.92. The van der Waals surface area contributed by atoms with Crippen LogP contribution in [0, 0.1) is 0 Å². The van der Waals surface area contributed by atoms with Gasteiger partial charge < -0.3 is 11.1 Å². The van der Waals surface area contributed by atoms with Crippen LogP contribution in [0.15, 0.2) is 27.1 Å². The number of rotatable bonds is 5. The van der Waals surface area contributed by atoms with E-state index in [1.54, 1.807) is 6.07 Å². The molecule has 0 aromatic heterocycles. The predicted octanol–water partition coefficient (Wildman–Crippen LogP) is 3.46. The lowest BCUT2D eigenvalue weighted by Gasteiger charge is -2.31. The van der Waals surface area contributed by atoms with Crippen molar-refractivity contribution in [2.45, 2.75) is 32.2 Å². The van der Waals surface area contributed by atoms with Crippen molar-refractivity contribution in [3.63, 3.8) is 0 Å². The van der Waals surface area contributed by atoms with Crippen molar-refractivity contribution in [1.82, 2.24) is 5.32 Å². The molecule has 0 saturated heterocycles. The first-order valence-corrected chi connectivity index (χ1v) is 7.54. The topological polar surface area (TPSA) is 55.1 Å². The molecule has 1 amide bonds. The number of halogens is 2. The molecule has 1 aromatic carbocycles. The molecule has 0 bridgehead atoms. The van der Waals surface area contributed by atoms with Crippen LogP contribution in [0.4, 0.5) is 0 Å². The van der Waals surface area contributed by atoms with Crippen molar-refractivity contribution in [3.8, 4) is 0 Å². The predicted molar refractivity (Wildman–Crippen MR) is 81.7 cm³/mol. The Morgan fingerprint density at radius 3 is 2.39 bits per heavy atom. The van der Waals surface area contributed by atoms with Gasteiger partial charge in [-0.3, -0.25) is 4.79 Å². The molecule has 0 heterocycles. The summed E-state index contributed by atoms with van der Waals surface area (Å²) in [5, 5.41) is 3.05. The van der Waals surface area contributed by atoms with Crippen molar-refractivity contribution in [2.75, 3.05) is 6.54 Å². The first kappa shape index (κ1) is 15.7. The molecular formula is C13H18Br2N2O. The van der Waals surface area contributed by atoms with Crippen LogP contribution in [0.2, 0.25) is 0 Å². The number of carbonyl (C=O) groups is 1. The zero-order valence-electron chi connectivity index (χ0n) is 10.6. The van der Waals surface area contributed by atoms with Gasteiger partial charge in [-0.05, 0) is 47.0 Å². The minimum atomic E-state index is -0.316. The third-order valence-corrected chi connectivity index (χ3v) is 4.45. The van der Waals surface area contributed by atoms with Gasteiger partial charge in [0.25, 0.3) is 5.91 Å². The SMILES string of the molecule is CCC(CC)(CN)NC(=O)c1ccc(Br)cc1Br. The molecule has 18 heavy (non-hydrogen) atoms. The van der Waals surface area contributed by atoms with E-state index in [1.807, 2.05) is 26.0 Å². The van der Waals surface area contributed by atoms with E-state index in [0.717, 1.165) is 21.8 Å². The molecule has 5 heteroatoms. The van der Waals surface area contributed by atoms with E-state index in [0.29, 0.717) is 12.1 Å². The molecule has 0 saturated carbocycles. The highest BCUT2D eigenvalue weighted by Crippen LogP contribution is 2.23. The minimum absolute atomic E-state index is 0.0940. The van der Waals surface area contributed by atoms with Gasteiger partial charge in [0.2, 0.25) is 0 Å². The molecule has 0 aliphatic carbocycles. The Morgan fingerprint density at radius 1 is 1.33 bits per heavy atom. The third kappa shape index (κ3) is 3.56. The number of benzene rings is 1. The average molecular weight is 378 g/mol. The molecule has 0 aliphatic heterocycles. The van der Waals surface area contributed by atoms with Gasteiger partial charge in [0, 0.05) is 15.5 Å². The summed E-state index contributed by atoms with van der Waals surface area (Å²) < 4.78 is 1.70. The fourth-order valence-corrected chi connectivity index (χ4v) is 2.98. The summed E-state index contributed by atoms with van der Waals surface area (Å²) in [6.45, 7) is 4.51. The fourth-order valence-electron chi connectivity index (χ4n) is 1.75. The quantitative estimate of drug-likeness (QED) is 0.825. The Kier molecular flexibility index (Phi) is 5.82. The van der Waals surface area contributed by atoms with Crippen LogP contribution in [0.25, 0.3) is 0 Å². The largest absolute Gasteiger partial charge is 0.345 e. The van der Waals surface area contributed by atoms with Gasteiger partial charge in [-0.25, -0.2) is 0 Å². The van der Waals surface area contributed by atoms with Gasteiger partial charge in [0.15, 0.2) is 0 Å². The molecular weight excluding hydrogens is 360 g/mol. The maximum Gasteiger partial charge on any atom is 0.252 e. The molecule has 0 fully saturated rings. The highest BCUT2D eigenvalue weighted by Gasteiger charge is 2.27. The molecule has 1 aromatic rings. The maximum atomic E-state index is 12.3. The van der Waals surface area contributed by atoms with Gasteiger partial charge in [0.05, 0.1) is 11.1 Å². The molecule has 0 spiro atoms. The minimum Gasteiger partial charge on any atom is -0.345 e. The number of hydrogen-bond acceptors (Lipinski definition) is 2. The molecule has 3 N–H and O–H groups in total. The molecule has 0 unspecified atom stereocenters. The summed E-state index contributed by atoms with van der Waals surface area (Å²) in [6.07, 6.45) is 1.64. The van der Waals surface area contributed by atoms with E-state index < -0.39 is 0 Å². The van der Waals surface area contributed by atoms with Crippen LogP contribution in [0.5, 0.6) is 0 Å². The standard InChI is InChI=1S/C13H18Br2N2O/c1-3-13(4-2,8-16)17-12(18)10-6-5-9(14)7-11(10)15/h5-7H,3-4,8,16H2,1-2H3,(H,17,18). The number of carbonyl (C=O) groups excluding carboxylic acids is 1. The Bertz CT molecular complexity index is 423. The first-order valence-electron chi connectivity index (χ1n) is 5.95. The third-order valence-electron chi connectivity index (χ3n) is 3.30. The summed E-state index contributed by atoms with van der Waals surface area (Å²) in [5.74, 6) is -0.0940. The normalized spacial score (nSPS) is 11.4. The molecule has 0 atom stereocenters. The highest BCUT2D eigenvalue weighted by atomic mass is 79.9. The van der Waals surface area contributed by atoms with Crippen LogP contribution < -0.4 is 11.1 Å². The summed E-state index contributed by atoms with van der Waals surface area (Å²) in [6, 6.07) is 5.49. The Morgan fingerprint density at radius 2 is 1.94 bits per heavy atom. The second kappa shape index (κ2) is 6.68. The van der Waals surface area contributed by atoms with E-state index in [9.17, 15) is 4.79 Å². The van der Waals surface area contributed by atoms with Gasteiger partial charge in [-0.2, -0.15) is 0 Å². The van der Waals surface area contributed by atoms with E-state index in [1.165, 1.54) is 0 Å². The summed E-state index contributed by atoms with van der Waals surface area (Å²) >= 11 is 6.77. The average Bonchev–Trinajstić information content (AvgIpc) is 2.36. The van der Waals surface area contributed by atoms with Gasteiger partial charge in [-0.15, -0.1) is 0 Å². The molecule has 0 radical (unpaired) electrons. The first-order chi connectivity index (χ1) is 8.48. The highest BCUT2D eigenvalue weighted by molar-refractivity contribution is 9.11. The molecule has 3 nitrogen and oxygen atoms in total. The Balaban J connectivity index is 2.94. The zero-order valence-corrected chi connectivity index (χ0v) is 13.8. The Hall–Kier alpha value is -0.390. The van der Waals surface area contributed by atoms with Crippen LogP contribution in [0.3, 0.4) is 0 Å². The summed E-state index contributed by atoms with van der Waals surface area (Å²) in [4.78, 5) is 12.3.